The van der Waals surface area contributed by atoms with Gasteiger partial charge in [0.25, 0.3) is 0 Å². The topological polar surface area (TPSA) is 75.9 Å². The Bertz CT molecular complexity index is 330. The van der Waals surface area contributed by atoms with Crippen LogP contribution in [0.2, 0.25) is 0 Å². The highest BCUT2D eigenvalue weighted by Gasteiger charge is 2.05. The molecule has 0 saturated heterocycles. The van der Waals surface area contributed by atoms with E-state index < -0.39 is 0 Å². The summed E-state index contributed by atoms with van der Waals surface area (Å²) in [7, 11) is 0. The molecule has 1 aromatic rings. The van der Waals surface area contributed by atoms with Gasteiger partial charge in [0.15, 0.2) is 0 Å². The number of hydrogen-bond acceptors (Lipinski definition) is 2. The maximum absolute atomic E-state index is 7.24. The number of nitrogens with one attached hydrogen (secondary N) is 1. The van der Waals surface area contributed by atoms with Crippen LogP contribution in [0.5, 0.6) is 0 Å². The minimum atomic E-state index is 0.0237. The summed E-state index contributed by atoms with van der Waals surface area (Å²) >= 11 is 0. The van der Waals surface area contributed by atoms with Crippen molar-refractivity contribution in [1.29, 1.82) is 5.41 Å². The highest BCUT2D eigenvalue weighted by molar-refractivity contribution is 6.00. The standard InChI is InChI=1S/C9H13N3.C2H6/c1-5-3-4-7(9(11)12)8(10)6(5)2;1-2/h3-4H,10H2,1-2H3,(H3,11,12);1-2H3. The second-order valence-corrected chi connectivity index (χ2v) is 2.88. The van der Waals surface area contributed by atoms with Crippen LogP contribution in [0.3, 0.4) is 0 Å². The van der Waals surface area contributed by atoms with Gasteiger partial charge < -0.3 is 11.5 Å². The van der Waals surface area contributed by atoms with Crippen LogP contribution in [0.25, 0.3) is 0 Å². The van der Waals surface area contributed by atoms with Crippen molar-refractivity contribution in [2.45, 2.75) is 27.7 Å². The van der Waals surface area contributed by atoms with Gasteiger partial charge in [-0.2, -0.15) is 0 Å². The summed E-state index contributed by atoms with van der Waals surface area (Å²) < 4.78 is 0. The fourth-order valence-corrected chi connectivity index (χ4v) is 1.07. The number of aryl methyl sites for hydroxylation is 1. The molecule has 0 amide bonds. The van der Waals surface area contributed by atoms with Crippen molar-refractivity contribution in [3.05, 3.63) is 28.8 Å². The Labute approximate surface area is 85.6 Å². The number of hydrogen-bond donors (Lipinski definition) is 3. The molecule has 1 rings (SSSR count). The van der Waals surface area contributed by atoms with Crippen LogP contribution in [0.4, 0.5) is 5.69 Å². The molecule has 0 saturated carbocycles. The third-order valence-corrected chi connectivity index (χ3v) is 2.08. The Morgan fingerprint density at radius 2 is 1.71 bits per heavy atom. The van der Waals surface area contributed by atoms with Gasteiger partial charge in [-0.3, -0.25) is 5.41 Å². The normalized spacial score (nSPS) is 8.86. The maximum Gasteiger partial charge on any atom is 0.124 e. The van der Waals surface area contributed by atoms with E-state index in [-0.39, 0.29) is 5.84 Å². The van der Waals surface area contributed by atoms with Crippen molar-refractivity contribution in [2.24, 2.45) is 5.73 Å². The van der Waals surface area contributed by atoms with E-state index in [0.717, 1.165) is 11.1 Å². The van der Waals surface area contributed by atoms with Crippen LogP contribution >= 0.6 is 0 Å². The molecule has 78 valence electrons. The number of rotatable bonds is 1. The van der Waals surface area contributed by atoms with Crippen molar-refractivity contribution in [3.8, 4) is 0 Å². The highest BCUT2D eigenvalue weighted by atomic mass is 14.7. The molecule has 0 unspecified atom stereocenters. The van der Waals surface area contributed by atoms with Gasteiger partial charge in [0.05, 0.1) is 0 Å². The molecule has 0 bridgehead atoms. The quantitative estimate of drug-likeness (QED) is 0.363. The molecular formula is C11H19N3. The van der Waals surface area contributed by atoms with E-state index >= 15 is 0 Å². The molecule has 14 heavy (non-hydrogen) atoms. The van der Waals surface area contributed by atoms with Gasteiger partial charge in [-0.1, -0.05) is 19.9 Å². The fourth-order valence-electron chi connectivity index (χ4n) is 1.07. The molecular weight excluding hydrogens is 174 g/mol. The van der Waals surface area contributed by atoms with Crippen LogP contribution in [0, 0.1) is 19.3 Å². The van der Waals surface area contributed by atoms with Gasteiger partial charge in [-0.15, -0.1) is 0 Å². The predicted octanol–water partition coefficient (Wildman–Crippen LogP) is 2.20. The van der Waals surface area contributed by atoms with Gasteiger partial charge >= 0.3 is 0 Å². The zero-order chi connectivity index (χ0) is 11.3. The summed E-state index contributed by atoms with van der Waals surface area (Å²) in [6, 6.07) is 3.70. The van der Waals surface area contributed by atoms with E-state index in [9.17, 15) is 0 Å². The zero-order valence-corrected chi connectivity index (χ0v) is 9.31. The van der Waals surface area contributed by atoms with Gasteiger partial charge in [0.1, 0.15) is 5.84 Å². The molecule has 0 atom stereocenters. The van der Waals surface area contributed by atoms with E-state index in [1.165, 1.54) is 0 Å². The average Bonchev–Trinajstić information content (AvgIpc) is 2.17. The Hall–Kier alpha value is -1.51. The SMILES string of the molecule is CC.Cc1ccc(C(=N)N)c(N)c1C. The minimum absolute atomic E-state index is 0.0237. The molecule has 0 aliphatic rings. The fraction of sp³-hybridized carbons (Fsp3) is 0.364. The molecule has 1 aromatic carbocycles. The molecule has 3 nitrogen and oxygen atoms in total. The molecule has 0 radical (unpaired) electrons. The lowest BCUT2D eigenvalue weighted by Gasteiger charge is -2.08. The van der Waals surface area contributed by atoms with Crippen molar-refractivity contribution in [3.63, 3.8) is 0 Å². The second kappa shape index (κ2) is 5.27. The van der Waals surface area contributed by atoms with Gasteiger partial charge in [0, 0.05) is 11.3 Å². The lowest BCUT2D eigenvalue weighted by atomic mass is 10.0. The molecule has 0 heterocycles. The van der Waals surface area contributed by atoms with Crippen molar-refractivity contribution in [2.75, 3.05) is 5.73 Å². The number of nitrogen functional groups attached to an aromatic ring is 2. The number of nitrogens with two attached hydrogens (primary N) is 2. The summed E-state index contributed by atoms with van der Waals surface area (Å²) in [6.07, 6.45) is 0. The van der Waals surface area contributed by atoms with Crippen LogP contribution in [-0.2, 0) is 0 Å². The first-order chi connectivity index (χ1) is 6.54. The third kappa shape index (κ3) is 2.49. The van der Waals surface area contributed by atoms with Gasteiger partial charge in [-0.05, 0) is 31.0 Å². The lowest BCUT2D eigenvalue weighted by Crippen LogP contribution is -2.14. The van der Waals surface area contributed by atoms with Crippen molar-refractivity contribution in [1.82, 2.24) is 0 Å². The molecule has 0 aliphatic heterocycles. The van der Waals surface area contributed by atoms with Crippen LogP contribution < -0.4 is 11.5 Å². The smallest absolute Gasteiger partial charge is 0.124 e. The predicted molar refractivity (Wildman–Crippen MR) is 62.7 cm³/mol. The summed E-state index contributed by atoms with van der Waals surface area (Å²) in [5.74, 6) is 0.0237. The van der Waals surface area contributed by atoms with E-state index in [1.54, 1.807) is 6.07 Å². The summed E-state index contributed by atoms with van der Waals surface area (Å²) in [4.78, 5) is 0. The molecule has 0 spiro atoms. The van der Waals surface area contributed by atoms with E-state index in [4.69, 9.17) is 16.9 Å². The first-order valence-corrected chi connectivity index (χ1v) is 4.74. The van der Waals surface area contributed by atoms with E-state index in [1.807, 2.05) is 33.8 Å². The number of amidine groups is 1. The molecule has 0 fully saturated rings. The van der Waals surface area contributed by atoms with Crippen LogP contribution in [-0.4, -0.2) is 5.84 Å². The molecule has 3 heteroatoms. The molecule has 5 N–H and O–H groups in total. The third-order valence-electron chi connectivity index (χ3n) is 2.08. The average molecular weight is 193 g/mol. The summed E-state index contributed by atoms with van der Waals surface area (Å²) in [5.41, 5.74) is 14.5. The maximum atomic E-state index is 7.24. The Balaban J connectivity index is 0.000000791. The Morgan fingerprint density at radius 1 is 1.21 bits per heavy atom. The first-order valence-electron chi connectivity index (χ1n) is 4.74. The van der Waals surface area contributed by atoms with Gasteiger partial charge in [-0.25, -0.2) is 0 Å². The molecule has 0 aromatic heterocycles. The molecule has 0 aliphatic carbocycles. The van der Waals surface area contributed by atoms with Crippen molar-refractivity contribution >= 4 is 11.5 Å². The summed E-state index contributed by atoms with van der Waals surface area (Å²) in [6.45, 7) is 7.91. The zero-order valence-electron chi connectivity index (χ0n) is 9.31. The second-order valence-electron chi connectivity index (χ2n) is 2.88. The Kier molecular flexibility index (Phi) is 4.70. The number of benzene rings is 1. The largest absolute Gasteiger partial charge is 0.398 e. The van der Waals surface area contributed by atoms with Crippen LogP contribution in [0.15, 0.2) is 12.1 Å². The van der Waals surface area contributed by atoms with E-state index in [0.29, 0.717) is 11.3 Å². The van der Waals surface area contributed by atoms with Crippen LogP contribution in [0.1, 0.15) is 30.5 Å². The summed E-state index contributed by atoms with van der Waals surface area (Å²) in [5, 5.41) is 7.24. The Morgan fingerprint density at radius 3 is 2.14 bits per heavy atom. The first kappa shape index (κ1) is 12.5. The minimum Gasteiger partial charge on any atom is -0.398 e. The highest BCUT2D eigenvalue weighted by Crippen LogP contribution is 2.19. The monoisotopic (exact) mass is 193 g/mol. The number of anilines is 1. The lowest BCUT2D eigenvalue weighted by molar-refractivity contribution is 1.32. The van der Waals surface area contributed by atoms with Gasteiger partial charge in [0.2, 0.25) is 0 Å². The van der Waals surface area contributed by atoms with E-state index in [2.05, 4.69) is 0 Å². The van der Waals surface area contributed by atoms with Crippen molar-refractivity contribution < 1.29 is 0 Å².